The molecule has 0 aliphatic carbocycles. The van der Waals surface area contributed by atoms with Crippen LogP contribution in [0.4, 0.5) is 11.6 Å². The molecule has 2 aromatic carbocycles. The maximum Gasteiger partial charge on any atom is 0.324 e. The molecule has 11 heteroatoms. The normalized spacial score (nSPS) is 17.8. The van der Waals surface area contributed by atoms with Crippen LogP contribution in [0.5, 0.6) is 0 Å². The summed E-state index contributed by atoms with van der Waals surface area (Å²) in [5.41, 5.74) is 1.84. The number of anilines is 1. The van der Waals surface area contributed by atoms with Crippen LogP contribution >= 0.6 is 11.8 Å². The highest BCUT2D eigenvalue weighted by molar-refractivity contribution is 8.14. The second kappa shape index (κ2) is 10.5. The Morgan fingerprint density at radius 1 is 1.11 bits per heavy atom. The molecule has 1 amide bonds. The van der Waals surface area contributed by atoms with Crippen molar-refractivity contribution in [2.24, 2.45) is 9.98 Å². The van der Waals surface area contributed by atoms with E-state index in [1.54, 1.807) is 12.3 Å². The van der Waals surface area contributed by atoms with Gasteiger partial charge in [0.15, 0.2) is 5.17 Å². The average molecular weight is 491 g/mol. The Hall–Kier alpha value is -3.96. The van der Waals surface area contributed by atoms with Crippen molar-refractivity contribution in [2.45, 2.75) is 0 Å². The monoisotopic (exact) mass is 490 g/mol. The summed E-state index contributed by atoms with van der Waals surface area (Å²) in [6.45, 7) is 2.54. The zero-order chi connectivity index (χ0) is 24.0. The highest BCUT2D eigenvalue weighted by Gasteiger charge is 2.32. The molecule has 0 N–H and O–H groups in total. The van der Waals surface area contributed by atoms with E-state index in [4.69, 9.17) is 9.26 Å². The lowest BCUT2D eigenvalue weighted by atomic mass is 10.2. The number of amides is 1. The van der Waals surface area contributed by atoms with Crippen molar-refractivity contribution in [2.75, 3.05) is 42.0 Å². The molecule has 1 fully saturated rings. The lowest BCUT2D eigenvalue weighted by molar-refractivity contribution is -0.759. The van der Waals surface area contributed by atoms with Crippen LogP contribution in [-0.2, 0) is 9.53 Å². The molecule has 5 rings (SSSR count). The number of rotatable bonds is 6. The number of aliphatic imine (C=N–C) groups is 2. The van der Waals surface area contributed by atoms with Gasteiger partial charge < -0.3 is 9.84 Å². The summed E-state index contributed by atoms with van der Waals surface area (Å²) < 4.78 is 10.5. The number of carbonyl (C=O) groups excluding carboxylic acids is 1. The molecule has 0 saturated carbocycles. The number of hydrogen-bond acceptors (Lipinski definition) is 9. The smallest absolute Gasteiger partial charge is 0.324 e. The Morgan fingerprint density at radius 2 is 1.83 bits per heavy atom. The van der Waals surface area contributed by atoms with Crippen LogP contribution < -0.4 is 19.8 Å². The standard InChI is InChI=1S/C24H22N6O4S/c31-21(26-22-16-29(27-34-22)28-11-13-33-14-12-28)17-35-24-25-20(15-18-7-3-1-4-8-18)23(32)30(24)19-9-5-2-6-10-19/h1-10,15-16H,11-14,17H2/b20-15+. The summed E-state index contributed by atoms with van der Waals surface area (Å²) in [7, 11) is 0. The van der Waals surface area contributed by atoms with E-state index in [1.807, 2.05) is 65.7 Å². The maximum atomic E-state index is 13.2. The quantitative estimate of drug-likeness (QED) is 0.223. The summed E-state index contributed by atoms with van der Waals surface area (Å²) >= 11 is 1.14. The number of aromatic nitrogens is 2. The number of ether oxygens (including phenoxy) is 1. The minimum absolute atomic E-state index is 0.0215. The lowest BCUT2D eigenvalue weighted by Gasteiger charge is -2.18. The van der Waals surface area contributed by atoms with Gasteiger partial charge in [0.1, 0.15) is 5.70 Å². The highest BCUT2D eigenvalue weighted by Crippen LogP contribution is 2.29. The fourth-order valence-corrected chi connectivity index (χ4v) is 4.35. The van der Waals surface area contributed by atoms with Crippen molar-refractivity contribution in [1.29, 1.82) is 0 Å². The molecule has 2 aliphatic heterocycles. The predicted molar refractivity (Wildman–Crippen MR) is 131 cm³/mol. The van der Waals surface area contributed by atoms with E-state index in [-0.39, 0.29) is 17.5 Å². The number of benzene rings is 2. The molecule has 10 nitrogen and oxygen atoms in total. The van der Waals surface area contributed by atoms with Crippen LogP contribution in [0.15, 0.2) is 87.1 Å². The van der Waals surface area contributed by atoms with Crippen molar-refractivity contribution in [3.63, 3.8) is 0 Å². The Balaban J connectivity index is 1.33. The average Bonchev–Trinajstić information content (AvgIpc) is 3.49. The molecule has 178 valence electrons. The SMILES string of the molecule is O=C1/C(=C\c2ccccc2)N=C(SC/C([O-])=N\c2c[n+](N3CCOCC3)no2)N1c1ccccc1. The van der Waals surface area contributed by atoms with Gasteiger partial charge in [0.05, 0.1) is 36.8 Å². The van der Waals surface area contributed by atoms with Crippen LogP contribution in [0, 0.1) is 0 Å². The van der Waals surface area contributed by atoms with E-state index >= 15 is 0 Å². The Labute approximate surface area is 205 Å². The van der Waals surface area contributed by atoms with E-state index < -0.39 is 5.90 Å². The summed E-state index contributed by atoms with van der Waals surface area (Å²) in [6.07, 6.45) is 3.29. The first kappa shape index (κ1) is 22.8. The Kier molecular flexibility index (Phi) is 6.87. The molecule has 0 atom stereocenters. The fourth-order valence-electron chi connectivity index (χ4n) is 3.56. The molecule has 35 heavy (non-hydrogen) atoms. The van der Waals surface area contributed by atoms with Crippen molar-refractivity contribution in [3.8, 4) is 0 Å². The van der Waals surface area contributed by atoms with Gasteiger partial charge in [0.2, 0.25) is 5.27 Å². The van der Waals surface area contributed by atoms with Gasteiger partial charge in [-0.3, -0.25) is 14.2 Å². The van der Waals surface area contributed by atoms with Crippen LogP contribution in [0.25, 0.3) is 6.08 Å². The molecule has 1 aromatic heterocycles. The number of nitrogens with zero attached hydrogens (tertiary/aromatic N) is 6. The van der Waals surface area contributed by atoms with Crippen molar-refractivity contribution >= 4 is 46.4 Å². The van der Waals surface area contributed by atoms with E-state index in [0.717, 1.165) is 17.3 Å². The van der Waals surface area contributed by atoms with Crippen molar-refractivity contribution < 1.29 is 24.0 Å². The molecule has 0 unspecified atom stereocenters. The van der Waals surface area contributed by atoms with Gasteiger partial charge in [-0.15, -0.1) is 5.01 Å². The van der Waals surface area contributed by atoms with Gasteiger partial charge in [-0.25, -0.2) is 9.98 Å². The maximum absolute atomic E-state index is 13.2. The van der Waals surface area contributed by atoms with Crippen LogP contribution in [-0.4, -0.2) is 54.3 Å². The highest BCUT2D eigenvalue weighted by atomic mass is 32.2. The minimum atomic E-state index is -0.427. The van der Waals surface area contributed by atoms with Gasteiger partial charge in [0, 0.05) is 5.75 Å². The summed E-state index contributed by atoms with van der Waals surface area (Å²) in [5.74, 6) is -0.597. The molecule has 0 spiro atoms. The Morgan fingerprint density at radius 3 is 2.57 bits per heavy atom. The third-order valence-electron chi connectivity index (χ3n) is 5.23. The molecule has 2 aliphatic rings. The summed E-state index contributed by atoms with van der Waals surface area (Å²) in [4.78, 5) is 24.8. The fraction of sp³-hybridized carbons (Fsp3) is 0.208. The number of thioether (sulfide) groups is 1. The summed E-state index contributed by atoms with van der Waals surface area (Å²) in [6, 6.07) is 18.7. The van der Waals surface area contributed by atoms with Gasteiger partial charge >= 0.3 is 5.88 Å². The predicted octanol–water partition coefficient (Wildman–Crippen LogP) is 1.50. The lowest BCUT2D eigenvalue weighted by Crippen LogP contribution is -2.62. The van der Waals surface area contributed by atoms with Gasteiger partial charge in [-0.1, -0.05) is 60.3 Å². The molecule has 3 heterocycles. The number of carbonyl (C=O) groups is 1. The first-order valence-corrected chi connectivity index (χ1v) is 12.0. The number of hydrogen-bond donors (Lipinski definition) is 0. The number of morpholine rings is 1. The Bertz CT molecular complexity index is 1270. The van der Waals surface area contributed by atoms with E-state index in [0.29, 0.717) is 42.9 Å². The zero-order valence-electron chi connectivity index (χ0n) is 18.7. The third kappa shape index (κ3) is 5.42. The molecule has 1 saturated heterocycles. The second-order valence-electron chi connectivity index (χ2n) is 7.63. The van der Waals surface area contributed by atoms with E-state index in [2.05, 4.69) is 15.3 Å². The topological polar surface area (TPSA) is 110 Å². The van der Waals surface area contributed by atoms with Crippen molar-refractivity contribution in [1.82, 2.24) is 5.27 Å². The number of para-hydroxylation sites is 1. The van der Waals surface area contributed by atoms with Crippen LogP contribution in [0.3, 0.4) is 0 Å². The zero-order valence-corrected chi connectivity index (χ0v) is 19.5. The molecular formula is C24H22N6O4S. The van der Waals surface area contributed by atoms with Crippen molar-refractivity contribution in [3.05, 3.63) is 78.1 Å². The third-order valence-corrected chi connectivity index (χ3v) is 6.15. The largest absolute Gasteiger partial charge is 0.861 e. The van der Waals surface area contributed by atoms with E-state index in [1.165, 1.54) is 9.69 Å². The summed E-state index contributed by atoms with van der Waals surface area (Å²) in [5, 5.41) is 18.8. The first-order chi connectivity index (χ1) is 17.2. The first-order valence-electron chi connectivity index (χ1n) is 11.0. The molecular weight excluding hydrogens is 468 g/mol. The van der Waals surface area contributed by atoms with E-state index in [9.17, 15) is 9.90 Å². The van der Waals surface area contributed by atoms with Gasteiger partial charge in [0.25, 0.3) is 12.1 Å². The van der Waals surface area contributed by atoms with Crippen LogP contribution in [0.2, 0.25) is 0 Å². The van der Waals surface area contributed by atoms with Gasteiger partial charge in [-0.05, 0) is 29.7 Å². The molecule has 3 aromatic rings. The molecule has 0 radical (unpaired) electrons. The minimum Gasteiger partial charge on any atom is -0.861 e. The molecule has 0 bridgehead atoms. The van der Waals surface area contributed by atoms with Crippen LogP contribution in [0.1, 0.15) is 5.56 Å². The van der Waals surface area contributed by atoms with Gasteiger partial charge in [-0.2, -0.15) is 0 Å². The second-order valence-corrected chi connectivity index (χ2v) is 8.57. The number of amidine groups is 1.